The van der Waals surface area contributed by atoms with E-state index in [9.17, 15) is 10.1 Å². The Hall–Kier alpha value is -1.77. The molecule has 2 aromatic carbocycles. The Morgan fingerprint density at radius 1 is 1.19 bits per heavy atom. The van der Waals surface area contributed by atoms with Crippen LogP contribution >= 0.6 is 56.8 Å². The maximum atomic E-state index is 12.8. The van der Waals surface area contributed by atoms with Gasteiger partial charge in [0.2, 0.25) is 5.88 Å². The summed E-state index contributed by atoms with van der Waals surface area (Å²) in [5, 5.41) is 10.4. The van der Waals surface area contributed by atoms with Gasteiger partial charge in [0.15, 0.2) is 5.78 Å². The quantitative estimate of drug-likeness (QED) is 0.411. The predicted molar refractivity (Wildman–Crippen MR) is 134 cm³/mol. The molecule has 0 unspecified atom stereocenters. The molecule has 0 fully saturated rings. The summed E-state index contributed by atoms with van der Waals surface area (Å²) in [5.41, 5.74) is 8.72. The topological polar surface area (TPSA) is 85.3 Å². The number of Topliss-reactive ketones (excluding diaryl/α,β-unsaturated/α-hetero) is 1. The second kappa shape index (κ2) is 9.38. The van der Waals surface area contributed by atoms with Crippen LogP contribution in [-0.4, -0.2) is 5.78 Å². The van der Waals surface area contributed by atoms with Gasteiger partial charge in [-0.2, -0.15) is 5.26 Å². The smallest absolute Gasteiger partial charge is 0.205 e. The molecule has 2 aliphatic rings. The zero-order valence-corrected chi connectivity index (χ0v) is 21.3. The number of nitrogens with zero attached hydrogens (tertiary/aromatic N) is 1. The van der Waals surface area contributed by atoms with Gasteiger partial charge in [-0.25, -0.2) is 0 Å². The van der Waals surface area contributed by atoms with Crippen LogP contribution in [0.25, 0.3) is 0 Å². The molecule has 0 spiro atoms. The highest BCUT2D eigenvalue weighted by atomic mass is 127. The first kappa shape index (κ1) is 22.4. The molecule has 8 heteroatoms. The minimum absolute atomic E-state index is 0.0135. The van der Waals surface area contributed by atoms with Crippen LogP contribution in [-0.2, 0) is 16.1 Å². The van der Waals surface area contributed by atoms with Gasteiger partial charge < -0.3 is 15.2 Å². The molecule has 0 saturated carbocycles. The van der Waals surface area contributed by atoms with Crippen molar-refractivity contribution in [3.8, 4) is 11.8 Å². The van der Waals surface area contributed by atoms with Gasteiger partial charge in [-0.3, -0.25) is 4.79 Å². The Labute approximate surface area is 212 Å². The number of hydrogen-bond acceptors (Lipinski definition) is 5. The zero-order chi connectivity index (χ0) is 22.1. The van der Waals surface area contributed by atoms with Crippen LogP contribution in [0.2, 0.25) is 5.02 Å². The number of rotatable bonds is 4. The van der Waals surface area contributed by atoms with Gasteiger partial charge in [0.1, 0.15) is 29.8 Å². The van der Waals surface area contributed by atoms with E-state index >= 15 is 0 Å². The highest BCUT2D eigenvalue weighted by Gasteiger charge is 2.38. The lowest BCUT2D eigenvalue weighted by molar-refractivity contribution is -0.116. The Balaban J connectivity index is 1.69. The van der Waals surface area contributed by atoms with Gasteiger partial charge in [-0.1, -0.05) is 23.7 Å². The van der Waals surface area contributed by atoms with Crippen molar-refractivity contribution < 1.29 is 14.3 Å². The number of nitriles is 1. The molecule has 1 aliphatic carbocycles. The standard InChI is InChI=1S/C23H17ClI2N2O3/c24-14-6-4-12(5-7-14)11-30-22-16(25)8-13(9-17(22)26)20-15(10-27)23(28)31-19-3-1-2-18(29)21(19)20/h4-9,20H,1-3,11,28H2/t20-/m0/s1. The monoisotopic (exact) mass is 658 g/mol. The van der Waals surface area contributed by atoms with E-state index in [0.29, 0.717) is 35.8 Å². The second-order valence-electron chi connectivity index (χ2n) is 7.27. The summed E-state index contributed by atoms with van der Waals surface area (Å²) < 4.78 is 13.5. The van der Waals surface area contributed by atoms with E-state index in [-0.39, 0.29) is 17.2 Å². The number of allylic oxidation sites excluding steroid dienone is 3. The Morgan fingerprint density at radius 2 is 1.87 bits per heavy atom. The molecule has 2 N–H and O–H groups in total. The molecule has 0 amide bonds. The molecule has 0 bridgehead atoms. The summed E-state index contributed by atoms with van der Waals surface area (Å²) in [6.45, 7) is 0.407. The molecule has 2 aromatic rings. The molecule has 0 saturated heterocycles. The van der Waals surface area contributed by atoms with Crippen molar-refractivity contribution in [2.24, 2.45) is 5.73 Å². The summed E-state index contributed by atoms with van der Waals surface area (Å²) in [7, 11) is 0. The minimum atomic E-state index is -0.520. The maximum absolute atomic E-state index is 12.8. The van der Waals surface area contributed by atoms with E-state index in [4.69, 9.17) is 26.8 Å². The Bertz CT molecular complexity index is 1140. The SMILES string of the molecule is N#CC1=C(N)OC2=C(C(=O)CCC2)[C@H]1c1cc(I)c(OCc2ccc(Cl)cc2)c(I)c1. The van der Waals surface area contributed by atoms with Crippen molar-refractivity contribution in [2.75, 3.05) is 0 Å². The largest absolute Gasteiger partial charge is 0.487 e. The van der Waals surface area contributed by atoms with Crippen molar-refractivity contribution in [1.82, 2.24) is 0 Å². The number of carbonyl (C=O) groups is 1. The summed E-state index contributed by atoms with van der Waals surface area (Å²) in [6.07, 6.45) is 1.83. The van der Waals surface area contributed by atoms with Crippen molar-refractivity contribution in [2.45, 2.75) is 31.8 Å². The molecule has 158 valence electrons. The lowest BCUT2D eigenvalue weighted by atomic mass is 9.77. The summed E-state index contributed by atoms with van der Waals surface area (Å²) in [4.78, 5) is 12.8. The summed E-state index contributed by atoms with van der Waals surface area (Å²) >= 11 is 10.4. The van der Waals surface area contributed by atoms with E-state index < -0.39 is 5.92 Å². The molecule has 1 heterocycles. The number of carbonyl (C=O) groups excluding carboxylic acids is 1. The molecular weight excluding hydrogens is 642 g/mol. The maximum Gasteiger partial charge on any atom is 0.205 e. The van der Waals surface area contributed by atoms with Crippen molar-refractivity contribution in [3.63, 3.8) is 0 Å². The molecule has 0 aromatic heterocycles. The Morgan fingerprint density at radius 3 is 2.52 bits per heavy atom. The fourth-order valence-electron chi connectivity index (χ4n) is 3.81. The van der Waals surface area contributed by atoms with Crippen LogP contribution in [0.15, 0.2) is 59.2 Å². The molecule has 5 nitrogen and oxygen atoms in total. The van der Waals surface area contributed by atoms with E-state index in [0.717, 1.165) is 30.4 Å². The fraction of sp³-hybridized carbons (Fsp3) is 0.217. The van der Waals surface area contributed by atoms with Crippen LogP contribution in [0.4, 0.5) is 0 Å². The number of hydrogen-bond donors (Lipinski definition) is 1. The van der Waals surface area contributed by atoms with E-state index in [1.807, 2.05) is 36.4 Å². The Kier molecular flexibility index (Phi) is 6.79. The van der Waals surface area contributed by atoms with Crippen LogP contribution in [0, 0.1) is 18.5 Å². The van der Waals surface area contributed by atoms with Gasteiger partial charge in [0.25, 0.3) is 0 Å². The number of nitrogens with two attached hydrogens (primary N) is 1. The zero-order valence-electron chi connectivity index (χ0n) is 16.3. The van der Waals surface area contributed by atoms with E-state index in [2.05, 4.69) is 51.3 Å². The predicted octanol–water partition coefficient (Wildman–Crippen LogP) is 5.94. The van der Waals surface area contributed by atoms with E-state index in [1.54, 1.807) is 0 Å². The van der Waals surface area contributed by atoms with Crippen LogP contribution in [0.3, 0.4) is 0 Å². The second-order valence-corrected chi connectivity index (χ2v) is 10.0. The third-order valence-corrected chi connectivity index (χ3v) is 7.11. The van der Waals surface area contributed by atoms with Gasteiger partial charge >= 0.3 is 0 Å². The minimum Gasteiger partial charge on any atom is -0.487 e. The average molecular weight is 659 g/mol. The average Bonchev–Trinajstić information content (AvgIpc) is 2.73. The first-order valence-electron chi connectivity index (χ1n) is 9.59. The molecule has 31 heavy (non-hydrogen) atoms. The van der Waals surface area contributed by atoms with Crippen LogP contribution in [0.1, 0.15) is 36.3 Å². The lowest BCUT2D eigenvalue weighted by Gasteiger charge is -2.31. The molecule has 4 rings (SSSR count). The first-order chi connectivity index (χ1) is 14.9. The van der Waals surface area contributed by atoms with Crippen LogP contribution in [0.5, 0.6) is 5.75 Å². The number of halogens is 3. The molecule has 0 radical (unpaired) electrons. The number of ketones is 1. The van der Waals surface area contributed by atoms with Crippen LogP contribution < -0.4 is 10.5 Å². The fourth-order valence-corrected chi connectivity index (χ4v) is 6.06. The summed E-state index contributed by atoms with van der Waals surface area (Å²) in [6, 6.07) is 13.6. The normalized spacial score (nSPS) is 18.4. The highest BCUT2D eigenvalue weighted by molar-refractivity contribution is 14.1. The molecule has 1 atom stereocenters. The molecular formula is C23H17ClI2N2O3. The van der Waals surface area contributed by atoms with Gasteiger partial charge in [-0.05, 0) is 87.0 Å². The van der Waals surface area contributed by atoms with Gasteiger partial charge in [0, 0.05) is 23.4 Å². The van der Waals surface area contributed by atoms with Crippen molar-refractivity contribution in [3.05, 3.63) is 82.5 Å². The van der Waals surface area contributed by atoms with Gasteiger partial charge in [-0.15, -0.1) is 0 Å². The third kappa shape index (κ3) is 4.56. The first-order valence-corrected chi connectivity index (χ1v) is 12.1. The third-order valence-electron chi connectivity index (χ3n) is 5.26. The summed E-state index contributed by atoms with van der Waals surface area (Å²) in [5.74, 6) is 0.917. The lowest BCUT2D eigenvalue weighted by Crippen LogP contribution is -2.27. The van der Waals surface area contributed by atoms with Gasteiger partial charge in [0.05, 0.1) is 13.1 Å². The number of benzene rings is 2. The molecule has 1 aliphatic heterocycles. The van der Waals surface area contributed by atoms with Crippen molar-refractivity contribution >= 4 is 62.6 Å². The highest BCUT2D eigenvalue weighted by Crippen LogP contribution is 2.45. The number of ether oxygens (including phenoxy) is 2. The van der Waals surface area contributed by atoms with Crippen molar-refractivity contribution in [1.29, 1.82) is 5.26 Å². The van der Waals surface area contributed by atoms with E-state index in [1.165, 1.54) is 0 Å².